The molecule has 0 N–H and O–H groups in total. The fourth-order valence-electron chi connectivity index (χ4n) is 3.80. The predicted octanol–water partition coefficient (Wildman–Crippen LogP) is 3.79. The van der Waals surface area contributed by atoms with Crippen LogP contribution in [0, 0.1) is 20.8 Å². The lowest BCUT2D eigenvalue weighted by molar-refractivity contribution is -0.119. The Morgan fingerprint density at radius 1 is 1.00 bits per heavy atom. The second-order valence-corrected chi connectivity index (χ2v) is 7.46. The van der Waals surface area contributed by atoms with Gasteiger partial charge in [-0.1, -0.05) is 24.3 Å². The van der Waals surface area contributed by atoms with Gasteiger partial charge in [0.2, 0.25) is 5.91 Å². The van der Waals surface area contributed by atoms with Crippen molar-refractivity contribution >= 4 is 17.3 Å². The van der Waals surface area contributed by atoms with Crippen molar-refractivity contribution in [1.82, 2.24) is 4.90 Å². The van der Waals surface area contributed by atoms with E-state index in [0.29, 0.717) is 13.1 Å². The van der Waals surface area contributed by atoms with Crippen LogP contribution in [0.4, 0.5) is 11.4 Å². The summed E-state index contributed by atoms with van der Waals surface area (Å²) in [7, 11) is 0. The van der Waals surface area contributed by atoms with Crippen molar-refractivity contribution in [2.24, 2.45) is 0 Å². The molecule has 1 heterocycles. The van der Waals surface area contributed by atoms with Gasteiger partial charge in [-0.2, -0.15) is 0 Å². The molecule has 144 valence electrons. The zero-order valence-corrected chi connectivity index (χ0v) is 17.0. The Labute approximate surface area is 163 Å². The van der Waals surface area contributed by atoms with Crippen molar-refractivity contribution in [3.8, 4) is 0 Å². The maximum Gasteiger partial charge on any atom is 0.241 e. The second-order valence-electron chi connectivity index (χ2n) is 7.46. The average Bonchev–Trinajstić information content (AvgIpc) is 2.65. The van der Waals surface area contributed by atoms with Gasteiger partial charge in [-0.25, -0.2) is 0 Å². The van der Waals surface area contributed by atoms with Crippen molar-refractivity contribution in [3.05, 3.63) is 59.2 Å². The number of carbonyl (C=O) groups excluding carboxylic acids is 1. The highest BCUT2D eigenvalue weighted by Gasteiger charge is 2.23. The molecule has 27 heavy (non-hydrogen) atoms. The molecule has 0 atom stereocenters. The summed E-state index contributed by atoms with van der Waals surface area (Å²) in [6.45, 7) is 13.4. The van der Waals surface area contributed by atoms with Crippen LogP contribution in [-0.4, -0.2) is 50.1 Å². The molecule has 1 aliphatic heterocycles. The number of aryl methyl sites for hydroxylation is 2. The van der Waals surface area contributed by atoms with Gasteiger partial charge in [0, 0.05) is 44.1 Å². The number of rotatable bonds is 5. The number of piperazine rings is 1. The van der Waals surface area contributed by atoms with E-state index in [1.807, 2.05) is 24.0 Å². The lowest BCUT2D eigenvalue weighted by Gasteiger charge is -2.37. The van der Waals surface area contributed by atoms with Gasteiger partial charge in [-0.05, 0) is 62.6 Å². The van der Waals surface area contributed by atoms with Crippen LogP contribution < -0.4 is 9.80 Å². The first-order chi connectivity index (χ1) is 13.0. The topological polar surface area (TPSA) is 26.8 Å². The molecule has 1 aliphatic rings. The molecule has 0 bridgehead atoms. The molecule has 2 aromatic carbocycles. The third-order valence-corrected chi connectivity index (χ3v) is 5.58. The van der Waals surface area contributed by atoms with E-state index in [9.17, 15) is 4.79 Å². The van der Waals surface area contributed by atoms with Crippen LogP contribution in [0.5, 0.6) is 0 Å². The number of anilines is 2. The van der Waals surface area contributed by atoms with Crippen molar-refractivity contribution in [1.29, 1.82) is 0 Å². The predicted molar refractivity (Wildman–Crippen MR) is 114 cm³/mol. The molecule has 0 spiro atoms. The summed E-state index contributed by atoms with van der Waals surface area (Å²) >= 11 is 0. The van der Waals surface area contributed by atoms with E-state index < -0.39 is 0 Å². The second kappa shape index (κ2) is 8.57. The van der Waals surface area contributed by atoms with Gasteiger partial charge >= 0.3 is 0 Å². The lowest BCUT2D eigenvalue weighted by Crippen LogP contribution is -2.50. The summed E-state index contributed by atoms with van der Waals surface area (Å²) in [4.78, 5) is 19.5. The minimum Gasteiger partial charge on any atom is -0.369 e. The number of hydrogen-bond donors (Lipinski definition) is 0. The molecule has 4 nitrogen and oxygen atoms in total. The Bertz CT molecular complexity index is 794. The first-order valence-electron chi connectivity index (χ1n) is 9.90. The number of benzene rings is 2. The van der Waals surface area contributed by atoms with E-state index in [4.69, 9.17) is 0 Å². The molecule has 3 rings (SSSR count). The highest BCUT2D eigenvalue weighted by Crippen LogP contribution is 2.24. The fraction of sp³-hybridized carbons (Fsp3) is 0.435. The van der Waals surface area contributed by atoms with E-state index in [1.54, 1.807) is 0 Å². The molecule has 1 saturated heterocycles. The molecule has 1 fully saturated rings. The zero-order chi connectivity index (χ0) is 19.4. The maximum absolute atomic E-state index is 12.9. The van der Waals surface area contributed by atoms with Gasteiger partial charge in [0.25, 0.3) is 0 Å². The quantitative estimate of drug-likeness (QED) is 0.807. The molecule has 0 saturated carbocycles. The van der Waals surface area contributed by atoms with Crippen LogP contribution in [0.25, 0.3) is 0 Å². The van der Waals surface area contributed by atoms with Crippen LogP contribution in [0.15, 0.2) is 42.5 Å². The van der Waals surface area contributed by atoms with Crippen molar-refractivity contribution in [2.75, 3.05) is 49.1 Å². The largest absolute Gasteiger partial charge is 0.369 e. The van der Waals surface area contributed by atoms with Gasteiger partial charge in [0.15, 0.2) is 0 Å². The third kappa shape index (κ3) is 4.51. The van der Waals surface area contributed by atoms with Crippen LogP contribution in [0.2, 0.25) is 0 Å². The number of nitrogens with zero attached hydrogens (tertiary/aromatic N) is 3. The Balaban J connectivity index is 1.60. The highest BCUT2D eigenvalue weighted by atomic mass is 16.2. The maximum atomic E-state index is 12.9. The third-order valence-electron chi connectivity index (χ3n) is 5.58. The molecule has 0 aliphatic carbocycles. The molecular weight excluding hydrogens is 334 g/mol. The van der Waals surface area contributed by atoms with E-state index in [2.05, 4.69) is 60.9 Å². The van der Waals surface area contributed by atoms with Gasteiger partial charge in [0.1, 0.15) is 0 Å². The highest BCUT2D eigenvalue weighted by molar-refractivity contribution is 5.94. The number of amides is 1. The molecule has 4 heteroatoms. The molecule has 0 radical (unpaired) electrons. The molecule has 1 amide bonds. The van der Waals surface area contributed by atoms with Gasteiger partial charge in [-0.15, -0.1) is 0 Å². The summed E-state index contributed by atoms with van der Waals surface area (Å²) in [5.74, 6) is 0.184. The Hall–Kier alpha value is -2.33. The number of hydrogen-bond acceptors (Lipinski definition) is 3. The van der Waals surface area contributed by atoms with Gasteiger partial charge in [0.05, 0.1) is 6.54 Å². The summed E-state index contributed by atoms with van der Waals surface area (Å²) in [6.07, 6.45) is 0. The smallest absolute Gasteiger partial charge is 0.241 e. The molecule has 0 aromatic heterocycles. The van der Waals surface area contributed by atoms with Crippen LogP contribution in [-0.2, 0) is 4.79 Å². The van der Waals surface area contributed by atoms with Crippen LogP contribution in [0.1, 0.15) is 23.6 Å². The van der Waals surface area contributed by atoms with Gasteiger partial charge in [-0.3, -0.25) is 9.69 Å². The van der Waals surface area contributed by atoms with Crippen LogP contribution >= 0.6 is 0 Å². The monoisotopic (exact) mass is 365 g/mol. The summed E-state index contributed by atoms with van der Waals surface area (Å²) in [5.41, 5.74) is 6.20. The normalized spacial score (nSPS) is 15.0. The van der Waals surface area contributed by atoms with Crippen molar-refractivity contribution < 1.29 is 4.79 Å². The molecule has 2 aromatic rings. The first-order valence-corrected chi connectivity index (χ1v) is 9.90. The van der Waals surface area contributed by atoms with E-state index >= 15 is 0 Å². The minimum absolute atomic E-state index is 0.184. The van der Waals surface area contributed by atoms with E-state index in [-0.39, 0.29) is 5.91 Å². The zero-order valence-electron chi connectivity index (χ0n) is 17.0. The van der Waals surface area contributed by atoms with E-state index in [1.165, 1.54) is 22.4 Å². The SMILES string of the molecule is CCN(C(=O)CN1CCN(c2cccc(C)c2C)CC1)c1cccc(C)c1. The van der Waals surface area contributed by atoms with Gasteiger partial charge < -0.3 is 9.80 Å². The summed E-state index contributed by atoms with van der Waals surface area (Å²) in [5, 5.41) is 0. The first kappa shape index (κ1) is 19.4. The van der Waals surface area contributed by atoms with Crippen molar-refractivity contribution in [2.45, 2.75) is 27.7 Å². The molecule has 0 unspecified atom stereocenters. The summed E-state index contributed by atoms with van der Waals surface area (Å²) in [6, 6.07) is 14.7. The Morgan fingerprint density at radius 3 is 2.37 bits per heavy atom. The standard InChI is InChI=1S/C23H31N3O/c1-5-26(21-10-6-8-18(2)16-21)23(27)17-24-12-14-25(15-13-24)22-11-7-9-19(3)20(22)4/h6-11,16H,5,12-15,17H2,1-4H3. The van der Waals surface area contributed by atoms with E-state index in [0.717, 1.165) is 31.9 Å². The summed E-state index contributed by atoms with van der Waals surface area (Å²) < 4.78 is 0. The Morgan fingerprint density at radius 2 is 1.70 bits per heavy atom. The Kier molecular flexibility index (Phi) is 6.17. The number of likely N-dealkylation sites (N-methyl/N-ethyl adjacent to an activating group) is 1. The van der Waals surface area contributed by atoms with Crippen molar-refractivity contribution in [3.63, 3.8) is 0 Å². The fourth-order valence-corrected chi connectivity index (χ4v) is 3.80. The van der Waals surface area contributed by atoms with Crippen LogP contribution in [0.3, 0.4) is 0 Å². The molecular formula is C23H31N3O. The average molecular weight is 366 g/mol. The number of carbonyl (C=O) groups is 1. The lowest BCUT2D eigenvalue weighted by atomic mass is 10.1. The minimum atomic E-state index is 0.184.